The van der Waals surface area contributed by atoms with Crippen LogP contribution in [0.5, 0.6) is 0 Å². The van der Waals surface area contributed by atoms with Gasteiger partial charge in [0, 0.05) is 20.1 Å². The second-order valence-electron chi connectivity index (χ2n) is 4.04. The summed E-state index contributed by atoms with van der Waals surface area (Å²) in [5.74, 6) is 0.360. The standard InChI is InChI=1S/C9H16N2O/c1-11-6-2-3-9(8(11)12)4-5-10-7-9/h10H,2-7H2,1H3. The molecule has 68 valence electrons. The van der Waals surface area contributed by atoms with Gasteiger partial charge in [0.2, 0.25) is 5.91 Å². The number of hydrogen-bond donors (Lipinski definition) is 1. The molecule has 2 saturated heterocycles. The molecule has 2 rings (SSSR count). The van der Waals surface area contributed by atoms with Gasteiger partial charge in [-0.15, -0.1) is 0 Å². The fourth-order valence-corrected chi connectivity index (χ4v) is 2.41. The molecule has 1 N–H and O–H groups in total. The van der Waals surface area contributed by atoms with Crippen molar-refractivity contribution in [2.24, 2.45) is 5.41 Å². The van der Waals surface area contributed by atoms with E-state index < -0.39 is 0 Å². The maximum Gasteiger partial charge on any atom is 0.229 e. The number of hydrogen-bond acceptors (Lipinski definition) is 2. The topological polar surface area (TPSA) is 32.3 Å². The molecule has 0 radical (unpaired) electrons. The van der Waals surface area contributed by atoms with E-state index in [-0.39, 0.29) is 5.41 Å². The molecule has 2 fully saturated rings. The minimum absolute atomic E-state index is 0.0208. The molecule has 12 heavy (non-hydrogen) atoms. The molecule has 1 unspecified atom stereocenters. The first-order valence-corrected chi connectivity index (χ1v) is 4.71. The van der Waals surface area contributed by atoms with Crippen LogP contribution in [0.3, 0.4) is 0 Å². The fourth-order valence-electron chi connectivity index (χ4n) is 2.41. The lowest BCUT2D eigenvalue weighted by molar-refractivity contribution is -0.143. The number of carbonyl (C=O) groups excluding carboxylic acids is 1. The Morgan fingerprint density at radius 1 is 1.50 bits per heavy atom. The number of nitrogens with one attached hydrogen (secondary N) is 1. The van der Waals surface area contributed by atoms with Gasteiger partial charge in [0.25, 0.3) is 0 Å². The second kappa shape index (κ2) is 2.73. The maximum absolute atomic E-state index is 11.8. The Balaban J connectivity index is 2.17. The summed E-state index contributed by atoms with van der Waals surface area (Å²) in [5.41, 5.74) is -0.0208. The van der Waals surface area contributed by atoms with Crippen LogP contribution in [0.25, 0.3) is 0 Å². The summed E-state index contributed by atoms with van der Waals surface area (Å²) in [6.45, 7) is 2.86. The van der Waals surface area contributed by atoms with Crippen LogP contribution < -0.4 is 5.32 Å². The first-order chi connectivity index (χ1) is 5.75. The van der Waals surface area contributed by atoms with Crippen LogP contribution >= 0.6 is 0 Å². The van der Waals surface area contributed by atoms with Crippen molar-refractivity contribution < 1.29 is 4.79 Å². The zero-order chi connectivity index (χ0) is 8.60. The Labute approximate surface area is 73.1 Å². The van der Waals surface area contributed by atoms with Crippen molar-refractivity contribution in [3.63, 3.8) is 0 Å². The Morgan fingerprint density at radius 3 is 3.00 bits per heavy atom. The summed E-state index contributed by atoms with van der Waals surface area (Å²) in [4.78, 5) is 13.7. The minimum atomic E-state index is -0.0208. The first-order valence-electron chi connectivity index (χ1n) is 4.71. The SMILES string of the molecule is CN1CCCC2(CCNC2)C1=O. The number of likely N-dealkylation sites (tertiary alicyclic amines) is 1. The zero-order valence-electron chi connectivity index (χ0n) is 7.60. The predicted molar refractivity (Wildman–Crippen MR) is 46.8 cm³/mol. The van der Waals surface area contributed by atoms with Crippen molar-refractivity contribution in [2.75, 3.05) is 26.7 Å². The van der Waals surface area contributed by atoms with Crippen LogP contribution in [0.15, 0.2) is 0 Å². The van der Waals surface area contributed by atoms with Gasteiger partial charge in [-0.1, -0.05) is 0 Å². The third-order valence-corrected chi connectivity index (χ3v) is 3.19. The number of nitrogens with zero attached hydrogens (tertiary/aromatic N) is 1. The monoisotopic (exact) mass is 168 g/mol. The molecule has 0 aromatic heterocycles. The van der Waals surface area contributed by atoms with Crippen molar-refractivity contribution in [3.8, 4) is 0 Å². The van der Waals surface area contributed by atoms with Crippen LogP contribution in [0, 0.1) is 5.41 Å². The highest BCUT2D eigenvalue weighted by atomic mass is 16.2. The van der Waals surface area contributed by atoms with Crippen LogP contribution in [-0.2, 0) is 4.79 Å². The van der Waals surface area contributed by atoms with E-state index in [1.165, 1.54) is 6.42 Å². The molecule has 0 aromatic rings. The molecular formula is C9H16N2O. The molecule has 3 nitrogen and oxygen atoms in total. The van der Waals surface area contributed by atoms with Gasteiger partial charge in [-0.2, -0.15) is 0 Å². The maximum atomic E-state index is 11.8. The Morgan fingerprint density at radius 2 is 2.33 bits per heavy atom. The van der Waals surface area contributed by atoms with E-state index >= 15 is 0 Å². The van der Waals surface area contributed by atoms with Crippen molar-refractivity contribution in [1.82, 2.24) is 10.2 Å². The average molecular weight is 168 g/mol. The normalized spacial score (nSPS) is 36.4. The Kier molecular flexibility index (Phi) is 1.83. The fraction of sp³-hybridized carbons (Fsp3) is 0.889. The number of piperidine rings is 1. The van der Waals surface area contributed by atoms with E-state index in [9.17, 15) is 4.79 Å². The van der Waals surface area contributed by atoms with E-state index in [4.69, 9.17) is 0 Å². The molecule has 0 aliphatic carbocycles. The lowest BCUT2D eigenvalue weighted by Gasteiger charge is -2.36. The van der Waals surface area contributed by atoms with Crippen molar-refractivity contribution in [2.45, 2.75) is 19.3 Å². The van der Waals surface area contributed by atoms with Crippen LogP contribution in [0.2, 0.25) is 0 Å². The summed E-state index contributed by atoms with van der Waals surface area (Å²) in [5, 5.41) is 3.29. The third-order valence-electron chi connectivity index (χ3n) is 3.19. The summed E-state index contributed by atoms with van der Waals surface area (Å²) < 4.78 is 0. The van der Waals surface area contributed by atoms with Gasteiger partial charge < -0.3 is 10.2 Å². The van der Waals surface area contributed by atoms with E-state index in [1.54, 1.807) is 0 Å². The van der Waals surface area contributed by atoms with Gasteiger partial charge in [0.15, 0.2) is 0 Å². The van der Waals surface area contributed by atoms with Gasteiger partial charge in [-0.05, 0) is 25.8 Å². The van der Waals surface area contributed by atoms with E-state index in [1.807, 2.05) is 11.9 Å². The Bertz CT molecular complexity index is 197. The summed E-state index contributed by atoms with van der Waals surface area (Å²) >= 11 is 0. The lowest BCUT2D eigenvalue weighted by Crippen LogP contribution is -2.47. The number of carbonyl (C=O) groups is 1. The van der Waals surface area contributed by atoms with Crippen LogP contribution in [0.4, 0.5) is 0 Å². The van der Waals surface area contributed by atoms with E-state index in [2.05, 4.69) is 5.32 Å². The largest absolute Gasteiger partial charge is 0.345 e. The molecule has 0 aromatic carbocycles. The van der Waals surface area contributed by atoms with Gasteiger partial charge in [0.05, 0.1) is 5.41 Å². The first kappa shape index (κ1) is 8.05. The number of rotatable bonds is 0. The van der Waals surface area contributed by atoms with Gasteiger partial charge in [-0.3, -0.25) is 4.79 Å². The van der Waals surface area contributed by atoms with Crippen molar-refractivity contribution >= 4 is 5.91 Å². The molecular weight excluding hydrogens is 152 g/mol. The summed E-state index contributed by atoms with van der Waals surface area (Å²) in [6, 6.07) is 0. The summed E-state index contributed by atoms with van der Waals surface area (Å²) in [7, 11) is 1.92. The molecule has 1 spiro atoms. The third kappa shape index (κ3) is 1.04. The number of amides is 1. The van der Waals surface area contributed by atoms with Crippen LogP contribution in [0.1, 0.15) is 19.3 Å². The van der Waals surface area contributed by atoms with Gasteiger partial charge >= 0.3 is 0 Å². The average Bonchev–Trinajstić information content (AvgIpc) is 2.50. The molecule has 0 saturated carbocycles. The quantitative estimate of drug-likeness (QED) is 0.561. The predicted octanol–water partition coefficient (Wildman–Crippen LogP) is 0.218. The highest BCUT2D eigenvalue weighted by Crippen LogP contribution is 2.35. The molecule has 2 aliphatic heterocycles. The highest BCUT2D eigenvalue weighted by Gasteiger charge is 2.44. The molecule has 2 aliphatic rings. The Hall–Kier alpha value is -0.570. The molecule has 3 heteroatoms. The van der Waals surface area contributed by atoms with Crippen molar-refractivity contribution in [3.05, 3.63) is 0 Å². The van der Waals surface area contributed by atoms with Gasteiger partial charge in [0.1, 0.15) is 0 Å². The summed E-state index contributed by atoms with van der Waals surface area (Å²) in [6.07, 6.45) is 3.29. The van der Waals surface area contributed by atoms with Crippen LogP contribution in [-0.4, -0.2) is 37.5 Å². The molecule has 1 amide bonds. The van der Waals surface area contributed by atoms with E-state index in [0.717, 1.165) is 32.5 Å². The molecule has 1 atom stereocenters. The highest BCUT2D eigenvalue weighted by molar-refractivity contribution is 5.83. The second-order valence-corrected chi connectivity index (χ2v) is 4.04. The molecule has 2 heterocycles. The minimum Gasteiger partial charge on any atom is -0.345 e. The van der Waals surface area contributed by atoms with Gasteiger partial charge in [-0.25, -0.2) is 0 Å². The molecule has 0 bridgehead atoms. The van der Waals surface area contributed by atoms with Crippen molar-refractivity contribution in [1.29, 1.82) is 0 Å². The zero-order valence-corrected chi connectivity index (χ0v) is 7.60. The lowest BCUT2D eigenvalue weighted by atomic mass is 9.78. The van der Waals surface area contributed by atoms with E-state index in [0.29, 0.717) is 5.91 Å². The smallest absolute Gasteiger partial charge is 0.229 e.